The van der Waals surface area contributed by atoms with Gasteiger partial charge in [0.2, 0.25) is 11.8 Å². The summed E-state index contributed by atoms with van der Waals surface area (Å²) in [7, 11) is 0. The standard InChI is InChI=1S/C33H41NO6/c1-3-8-22(18-23-11-14-25(36)15-12-23)13-16-29(37)30-24(21-40-26-9-6-5-7-10-26)19-27-31(28(30)20-35)33(39)34(17-4-2)32(27)38/h5-7,9-12,14-15,18,27-29,31,35-37H,3-4,8,13,16-17,19-21H2,1-2H3/b22-18+/t27-,28+,29-,31-/m1/s1. The van der Waals surface area contributed by atoms with Gasteiger partial charge < -0.3 is 20.1 Å². The number of phenols is 1. The predicted octanol–water partition coefficient (Wildman–Crippen LogP) is 5.12. The summed E-state index contributed by atoms with van der Waals surface area (Å²) < 4.78 is 6.06. The molecule has 3 N–H and O–H groups in total. The number of allylic oxidation sites excluding steroid dienone is 1. The van der Waals surface area contributed by atoms with Crippen LogP contribution in [0.3, 0.4) is 0 Å². The Bertz CT molecular complexity index is 1220. The number of amides is 2. The van der Waals surface area contributed by atoms with Crippen molar-refractivity contribution in [1.29, 1.82) is 0 Å². The maximum atomic E-state index is 13.4. The number of carbonyl (C=O) groups is 2. The molecular weight excluding hydrogens is 506 g/mol. The molecule has 2 aliphatic rings. The zero-order chi connectivity index (χ0) is 28.6. The number of aliphatic hydroxyl groups excluding tert-OH is 2. The highest BCUT2D eigenvalue weighted by Gasteiger charge is 2.54. The number of nitrogens with zero attached hydrogens (tertiary/aromatic N) is 1. The number of hydrogen-bond acceptors (Lipinski definition) is 6. The van der Waals surface area contributed by atoms with Crippen molar-refractivity contribution < 1.29 is 29.6 Å². The minimum absolute atomic E-state index is 0.177. The van der Waals surface area contributed by atoms with Crippen LogP contribution in [0.2, 0.25) is 0 Å². The Morgan fingerprint density at radius 3 is 2.40 bits per heavy atom. The third kappa shape index (κ3) is 6.65. The largest absolute Gasteiger partial charge is 0.508 e. The Kier molecular flexibility index (Phi) is 10.2. The third-order valence-electron chi connectivity index (χ3n) is 8.01. The summed E-state index contributed by atoms with van der Waals surface area (Å²) in [6, 6.07) is 16.4. The van der Waals surface area contributed by atoms with Gasteiger partial charge in [-0.25, -0.2) is 0 Å². The van der Waals surface area contributed by atoms with Gasteiger partial charge in [0.15, 0.2) is 0 Å². The molecule has 2 aromatic carbocycles. The number of likely N-dealkylation sites (tertiary alicyclic amines) is 1. The summed E-state index contributed by atoms with van der Waals surface area (Å²) in [6.07, 6.45) is 5.06. The maximum Gasteiger partial charge on any atom is 0.233 e. The summed E-state index contributed by atoms with van der Waals surface area (Å²) in [5, 5.41) is 31.8. The van der Waals surface area contributed by atoms with Crippen LogP contribution in [0.15, 0.2) is 71.3 Å². The van der Waals surface area contributed by atoms with Crippen LogP contribution in [0.5, 0.6) is 11.5 Å². The molecule has 0 saturated carbocycles. The number of hydrogen-bond donors (Lipinski definition) is 3. The van der Waals surface area contributed by atoms with Crippen molar-refractivity contribution in [2.75, 3.05) is 19.8 Å². The fraction of sp³-hybridized carbons (Fsp3) is 0.455. The Labute approximate surface area is 236 Å². The molecule has 0 radical (unpaired) electrons. The van der Waals surface area contributed by atoms with Gasteiger partial charge in [0, 0.05) is 12.5 Å². The first-order valence-electron chi connectivity index (χ1n) is 14.4. The van der Waals surface area contributed by atoms with E-state index in [1.165, 1.54) is 10.5 Å². The van der Waals surface area contributed by atoms with E-state index in [0.717, 1.165) is 24.0 Å². The number of benzene rings is 2. The summed E-state index contributed by atoms with van der Waals surface area (Å²) in [4.78, 5) is 28.0. The lowest BCUT2D eigenvalue weighted by Crippen LogP contribution is -2.40. The summed E-state index contributed by atoms with van der Waals surface area (Å²) >= 11 is 0. The van der Waals surface area contributed by atoms with Crippen LogP contribution in [-0.4, -0.2) is 57.9 Å². The molecule has 2 amide bonds. The van der Waals surface area contributed by atoms with Crippen molar-refractivity contribution in [3.8, 4) is 11.5 Å². The van der Waals surface area contributed by atoms with Crippen molar-refractivity contribution in [2.24, 2.45) is 17.8 Å². The van der Waals surface area contributed by atoms with Gasteiger partial charge in [0.25, 0.3) is 0 Å². The van der Waals surface area contributed by atoms with Gasteiger partial charge in [-0.2, -0.15) is 0 Å². The molecule has 0 aromatic heterocycles. The number of para-hydroxylation sites is 1. The lowest BCUT2D eigenvalue weighted by Gasteiger charge is -2.36. The van der Waals surface area contributed by atoms with Crippen molar-refractivity contribution >= 4 is 17.9 Å². The quantitative estimate of drug-likeness (QED) is 0.238. The van der Waals surface area contributed by atoms with Crippen molar-refractivity contribution in [3.63, 3.8) is 0 Å². The molecule has 214 valence electrons. The monoisotopic (exact) mass is 547 g/mol. The van der Waals surface area contributed by atoms with E-state index >= 15 is 0 Å². The Morgan fingerprint density at radius 2 is 1.75 bits per heavy atom. The smallest absolute Gasteiger partial charge is 0.233 e. The fourth-order valence-corrected chi connectivity index (χ4v) is 6.16. The minimum atomic E-state index is -0.893. The highest BCUT2D eigenvalue weighted by atomic mass is 16.5. The van der Waals surface area contributed by atoms with Crippen molar-refractivity contribution in [1.82, 2.24) is 4.90 Å². The van der Waals surface area contributed by atoms with E-state index in [1.54, 1.807) is 12.1 Å². The van der Waals surface area contributed by atoms with E-state index in [9.17, 15) is 24.9 Å². The van der Waals surface area contributed by atoms with E-state index in [1.807, 2.05) is 49.4 Å². The Hall–Kier alpha value is -3.42. The Balaban J connectivity index is 1.62. The van der Waals surface area contributed by atoms with Gasteiger partial charge in [-0.1, -0.05) is 62.2 Å². The Morgan fingerprint density at radius 1 is 1.02 bits per heavy atom. The third-order valence-corrected chi connectivity index (χ3v) is 8.01. The molecule has 7 heteroatoms. The van der Waals surface area contributed by atoms with Crippen LogP contribution < -0.4 is 4.74 Å². The number of carbonyl (C=O) groups excluding carboxylic acids is 2. The molecule has 1 saturated heterocycles. The van der Waals surface area contributed by atoms with E-state index in [0.29, 0.717) is 43.6 Å². The second-order valence-corrected chi connectivity index (χ2v) is 10.8. The van der Waals surface area contributed by atoms with Crippen LogP contribution in [0.4, 0.5) is 0 Å². The van der Waals surface area contributed by atoms with E-state index in [2.05, 4.69) is 13.0 Å². The number of imide groups is 1. The maximum absolute atomic E-state index is 13.4. The first kappa shape index (κ1) is 29.6. The van der Waals surface area contributed by atoms with E-state index < -0.39 is 23.9 Å². The second kappa shape index (κ2) is 13.8. The molecular formula is C33H41NO6. The highest BCUT2D eigenvalue weighted by molar-refractivity contribution is 6.05. The molecule has 2 aromatic rings. The summed E-state index contributed by atoms with van der Waals surface area (Å²) in [5.74, 6) is -1.41. The molecule has 4 atom stereocenters. The molecule has 40 heavy (non-hydrogen) atoms. The van der Waals surface area contributed by atoms with Crippen LogP contribution in [-0.2, 0) is 9.59 Å². The van der Waals surface area contributed by atoms with Gasteiger partial charge in [0.1, 0.15) is 18.1 Å². The normalized spacial score (nSPS) is 22.1. The van der Waals surface area contributed by atoms with Crippen molar-refractivity contribution in [3.05, 3.63) is 76.9 Å². The minimum Gasteiger partial charge on any atom is -0.508 e. The lowest BCUT2D eigenvalue weighted by atomic mass is 9.68. The predicted molar refractivity (Wildman–Crippen MR) is 154 cm³/mol. The SMILES string of the molecule is CCC/C(=C\c1ccc(O)cc1)CC[C@@H](O)C1=C(COc2ccccc2)C[C@H]2C(=O)N(CCC)C(=O)[C@H]2[C@H]1CO. The first-order valence-corrected chi connectivity index (χ1v) is 14.4. The number of fused-ring (bicyclic) bond motifs is 1. The van der Waals surface area contributed by atoms with Crippen LogP contribution >= 0.6 is 0 Å². The first-order chi connectivity index (χ1) is 19.4. The number of aromatic hydroxyl groups is 1. The van der Waals surface area contributed by atoms with Crippen LogP contribution in [0.1, 0.15) is 57.9 Å². The summed E-state index contributed by atoms with van der Waals surface area (Å²) in [5.41, 5.74) is 3.58. The molecule has 0 unspecified atom stereocenters. The van der Waals surface area contributed by atoms with Crippen molar-refractivity contribution in [2.45, 2.75) is 58.5 Å². The van der Waals surface area contributed by atoms with E-state index in [-0.39, 0.29) is 30.8 Å². The fourth-order valence-electron chi connectivity index (χ4n) is 6.16. The zero-order valence-corrected chi connectivity index (χ0v) is 23.5. The topological polar surface area (TPSA) is 107 Å². The molecule has 1 aliphatic heterocycles. The number of rotatable bonds is 13. The van der Waals surface area contributed by atoms with Crippen LogP contribution in [0, 0.1) is 17.8 Å². The van der Waals surface area contributed by atoms with Gasteiger partial charge in [-0.05, 0) is 73.1 Å². The number of phenolic OH excluding ortho intramolecular Hbond substituents is 1. The van der Waals surface area contributed by atoms with Gasteiger partial charge in [0.05, 0.1) is 24.5 Å². The molecule has 1 aliphatic carbocycles. The van der Waals surface area contributed by atoms with Gasteiger partial charge in [-0.15, -0.1) is 0 Å². The molecule has 1 heterocycles. The lowest BCUT2D eigenvalue weighted by molar-refractivity contribution is -0.140. The van der Waals surface area contributed by atoms with Gasteiger partial charge in [-0.3, -0.25) is 14.5 Å². The van der Waals surface area contributed by atoms with Crippen LogP contribution in [0.25, 0.3) is 6.08 Å². The number of ether oxygens (including phenoxy) is 1. The average Bonchev–Trinajstić information content (AvgIpc) is 3.20. The molecule has 1 fully saturated rings. The molecule has 7 nitrogen and oxygen atoms in total. The average molecular weight is 548 g/mol. The van der Waals surface area contributed by atoms with E-state index in [4.69, 9.17) is 4.74 Å². The van der Waals surface area contributed by atoms with Gasteiger partial charge >= 0.3 is 0 Å². The molecule has 0 spiro atoms. The second-order valence-electron chi connectivity index (χ2n) is 10.8. The molecule has 4 rings (SSSR count). The highest BCUT2D eigenvalue weighted by Crippen LogP contribution is 2.46. The zero-order valence-electron chi connectivity index (χ0n) is 23.5. The molecule has 0 bridgehead atoms. The summed E-state index contributed by atoms with van der Waals surface area (Å²) in [6.45, 7) is 4.25. The number of aliphatic hydroxyl groups is 2.